The number of carbonyl (C=O) groups excluding carboxylic acids is 2. The van der Waals surface area contributed by atoms with Crippen LogP contribution in [0, 0.1) is 6.92 Å². The van der Waals surface area contributed by atoms with E-state index in [4.69, 9.17) is 5.11 Å². The van der Waals surface area contributed by atoms with E-state index in [1.807, 2.05) is 0 Å². The van der Waals surface area contributed by atoms with Gasteiger partial charge in [0, 0.05) is 32.4 Å². The minimum Gasteiger partial charge on any atom is -0.480 e. The summed E-state index contributed by atoms with van der Waals surface area (Å²) >= 11 is 0. The molecule has 1 heterocycles. The molecule has 1 rings (SSSR count). The van der Waals surface area contributed by atoms with Gasteiger partial charge < -0.3 is 20.3 Å². The van der Waals surface area contributed by atoms with E-state index in [1.54, 1.807) is 13.1 Å². The average molecular weight is 281 g/mol. The van der Waals surface area contributed by atoms with Crippen molar-refractivity contribution in [3.05, 3.63) is 23.5 Å². The van der Waals surface area contributed by atoms with Gasteiger partial charge in [-0.25, -0.2) is 4.79 Å². The highest BCUT2D eigenvalue weighted by atomic mass is 16.4. The lowest BCUT2D eigenvalue weighted by Crippen LogP contribution is -2.46. The first-order chi connectivity index (χ1) is 9.34. The normalized spacial score (nSPS) is 11.8. The number of nitrogens with zero attached hydrogens (tertiary/aromatic N) is 1. The Hall–Kier alpha value is -2.31. The van der Waals surface area contributed by atoms with Crippen LogP contribution < -0.4 is 5.32 Å². The molecule has 3 N–H and O–H groups in total. The molecule has 7 heteroatoms. The van der Waals surface area contributed by atoms with Gasteiger partial charge >= 0.3 is 5.97 Å². The third kappa shape index (κ3) is 3.84. The fourth-order valence-electron chi connectivity index (χ4n) is 1.78. The zero-order chi connectivity index (χ0) is 15.3. The number of nitrogens with one attached hydrogen (secondary N) is 2. The molecule has 0 radical (unpaired) electrons. The number of aliphatic carboxylic acids is 1. The molecule has 0 aliphatic carbocycles. The number of hydrogen-bond acceptors (Lipinski definition) is 3. The summed E-state index contributed by atoms with van der Waals surface area (Å²) in [6.07, 6.45) is 3.21. The molecule has 1 unspecified atom stereocenters. The van der Waals surface area contributed by atoms with Crippen molar-refractivity contribution in [1.82, 2.24) is 15.2 Å². The van der Waals surface area contributed by atoms with Crippen LogP contribution in [0.2, 0.25) is 0 Å². The van der Waals surface area contributed by atoms with Crippen LogP contribution >= 0.6 is 0 Å². The maximum atomic E-state index is 12.4. The SMILES string of the molecule is CC(=O)NCCN(C(=O)c1c[nH]cc1C)C(C)C(=O)O. The third-order valence-electron chi connectivity index (χ3n) is 3.00. The molecule has 110 valence electrons. The first kappa shape index (κ1) is 15.7. The van der Waals surface area contributed by atoms with E-state index in [0.717, 1.165) is 5.56 Å². The van der Waals surface area contributed by atoms with Crippen molar-refractivity contribution >= 4 is 17.8 Å². The number of amides is 2. The van der Waals surface area contributed by atoms with E-state index in [1.165, 1.54) is 24.9 Å². The lowest BCUT2D eigenvalue weighted by molar-refractivity contribution is -0.141. The summed E-state index contributed by atoms with van der Waals surface area (Å²) in [4.78, 5) is 38.4. The van der Waals surface area contributed by atoms with E-state index >= 15 is 0 Å². The molecule has 0 saturated heterocycles. The van der Waals surface area contributed by atoms with Gasteiger partial charge in [0.2, 0.25) is 5.91 Å². The highest BCUT2D eigenvalue weighted by Gasteiger charge is 2.27. The van der Waals surface area contributed by atoms with Crippen LogP contribution in [0.25, 0.3) is 0 Å². The lowest BCUT2D eigenvalue weighted by atomic mass is 10.1. The monoisotopic (exact) mass is 281 g/mol. The molecule has 7 nitrogen and oxygen atoms in total. The Morgan fingerprint density at radius 3 is 2.50 bits per heavy atom. The second-order valence-electron chi connectivity index (χ2n) is 4.55. The van der Waals surface area contributed by atoms with Gasteiger partial charge in [0.1, 0.15) is 6.04 Å². The van der Waals surface area contributed by atoms with Crippen molar-refractivity contribution in [2.45, 2.75) is 26.8 Å². The number of aromatic amines is 1. The number of rotatable bonds is 6. The first-order valence-corrected chi connectivity index (χ1v) is 6.26. The van der Waals surface area contributed by atoms with Crippen LogP contribution in [-0.4, -0.2) is 51.9 Å². The number of carboxylic acids is 1. The van der Waals surface area contributed by atoms with Gasteiger partial charge in [0.15, 0.2) is 0 Å². The Balaban J connectivity index is 2.87. The summed E-state index contributed by atoms with van der Waals surface area (Å²) in [5.41, 5.74) is 1.18. The fraction of sp³-hybridized carbons (Fsp3) is 0.462. The smallest absolute Gasteiger partial charge is 0.326 e. The third-order valence-corrected chi connectivity index (χ3v) is 3.00. The maximum absolute atomic E-state index is 12.4. The lowest BCUT2D eigenvalue weighted by Gasteiger charge is -2.26. The summed E-state index contributed by atoms with van der Waals surface area (Å²) in [5, 5.41) is 11.6. The minimum absolute atomic E-state index is 0.135. The zero-order valence-corrected chi connectivity index (χ0v) is 11.8. The van der Waals surface area contributed by atoms with Crippen molar-refractivity contribution in [2.75, 3.05) is 13.1 Å². The number of aryl methyl sites for hydroxylation is 1. The van der Waals surface area contributed by atoms with E-state index in [0.29, 0.717) is 5.56 Å². The fourth-order valence-corrected chi connectivity index (χ4v) is 1.78. The quantitative estimate of drug-likeness (QED) is 0.701. The van der Waals surface area contributed by atoms with Crippen molar-refractivity contribution in [3.8, 4) is 0 Å². The second-order valence-corrected chi connectivity index (χ2v) is 4.55. The molecular formula is C13H19N3O4. The van der Waals surface area contributed by atoms with E-state index in [-0.39, 0.29) is 24.9 Å². The van der Waals surface area contributed by atoms with Crippen molar-refractivity contribution in [1.29, 1.82) is 0 Å². The van der Waals surface area contributed by atoms with Gasteiger partial charge in [-0.15, -0.1) is 0 Å². The van der Waals surface area contributed by atoms with E-state index in [2.05, 4.69) is 10.3 Å². The predicted octanol–water partition coefficient (Wildman–Crippen LogP) is 0.375. The summed E-state index contributed by atoms with van der Waals surface area (Å²) < 4.78 is 0. The number of carbonyl (C=O) groups is 3. The largest absolute Gasteiger partial charge is 0.480 e. The zero-order valence-electron chi connectivity index (χ0n) is 11.8. The van der Waals surface area contributed by atoms with Gasteiger partial charge in [0.25, 0.3) is 5.91 Å². The molecular weight excluding hydrogens is 262 g/mol. The summed E-state index contributed by atoms with van der Waals surface area (Å²) in [5.74, 6) is -1.68. The summed E-state index contributed by atoms with van der Waals surface area (Å²) in [6, 6.07) is -0.967. The van der Waals surface area contributed by atoms with Crippen LogP contribution in [0.3, 0.4) is 0 Å². The molecule has 0 bridgehead atoms. The standard InChI is InChI=1S/C13H19N3O4/c1-8-6-14-7-11(8)12(18)16(9(2)13(19)20)5-4-15-10(3)17/h6-7,9,14H,4-5H2,1-3H3,(H,15,17)(H,19,20). The van der Waals surface area contributed by atoms with Crippen LogP contribution in [0.15, 0.2) is 12.4 Å². The van der Waals surface area contributed by atoms with Gasteiger partial charge in [-0.3, -0.25) is 9.59 Å². The van der Waals surface area contributed by atoms with E-state index < -0.39 is 12.0 Å². The first-order valence-electron chi connectivity index (χ1n) is 6.26. The van der Waals surface area contributed by atoms with Crippen molar-refractivity contribution in [3.63, 3.8) is 0 Å². The van der Waals surface area contributed by atoms with Crippen LogP contribution in [-0.2, 0) is 9.59 Å². The van der Waals surface area contributed by atoms with Gasteiger partial charge in [0.05, 0.1) is 5.56 Å². The molecule has 0 spiro atoms. The molecule has 0 aliphatic rings. The Bertz CT molecular complexity index is 509. The molecule has 1 aromatic rings. The Morgan fingerprint density at radius 2 is 2.05 bits per heavy atom. The highest BCUT2D eigenvalue weighted by molar-refractivity contribution is 5.97. The van der Waals surface area contributed by atoms with Crippen LogP contribution in [0.1, 0.15) is 29.8 Å². The number of aromatic nitrogens is 1. The summed E-state index contributed by atoms with van der Waals surface area (Å²) in [7, 11) is 0. The average Bonchev–Trinajstić information content (AvgIpc) is 2.79. The molecule has 0 aliphatic heterocycles. The molecule has 20 heavy (non-hydrogen) atoms. The molecule has 2 amide bonds. The Morgan fingerprint density at radius 1 is 1.40 bits per heavy atom. The van der Waals surface area contributed by atoms with E-state index in [9.17, 15) is 14.4 Å². The van der Waals surface area contributed by atoms with Crippen LogP contribution in [0.4, 0.5) is 0 Å². The molecule has 0 saturated carbocycles. The molecule has 0 fully saturated rings. The molecule has 1 aromatic heterocycles. The number of H-pyrrole nitrogens is 1. The van der Waals surface area contributed by atoms with Gasteiger partial charge in [-0.05, 0) is 19.4 Å². The Labute approximate surface area is 117 Å². The highest BCUT2D eigenvalue weighted by Crippen LogP contribution is 2.12. The summed E-state index contributed by atoms with van der Waals surface area (Å²) in [6.45, 7) is 4.92. The van der Waals surface area contributed by atoms with Gasteiger partial charge in [-0.2, -0.15) is 0 Å². The Kier molecular flexibility index (Phi) is 5.31. The van der Waals surface area contributed by atoms with Crippen LogP contribution in [0.5, 0.6) is 0 Å². The molecule has 1 atom stereocenters. The molecule has 0 aromatic carbocycles. The van der Waals surface area contributed by atoms with Gasteiger partial charge in [-0.1, -0.05) is 0 Å². The number of hydrogen-bond donors (Lipinski definition) is 3. The van der Waals surface area contributed by atoms with Crippen molar-refractivity contribution < 1.29 is 19.5 Å². The maximum Gasteiger partial charge on any atom is 0.326 e. The van der Waals surface area contributed by atoms with Crippen molar-refractivity contribution in [2.24, 2.45) is 0 Å². The minimum atomic E-state index is -1.09. The second kappa shape index (κ2) is 6.74. The topological polar surface area (TPSA) is 103 Å². The predicted molar refractivity (Wildman–Crippen MR) is 72.3 cm³/mol. The number of carboxylic acid groups (broad SMARTS) is 1.